The number of halogens is 3. The number of amides is 1. The van der Waals surface area contributed by atoms with Crippen molar-refractivity contribution in [1.29, 1.82) is 0 Å². The van der Waals surface area contributed by atoms with Crippen molar-refractivity contribution in [2.75, 3.05) is 6.54 Å². The first kappa shape index (κ1) is 30.4. The first-order valence-electron chi connectivity index (χ1n) is 13.9. The van der Waals surface area contributed by atoms with Crippen LogP contribution < -0.4 is 0 Å². The van der Waals surface area contributed by atoms with Crippen molar-refractivity contribution in [3.8, 4) is 33.6 Å². The lowest BCUT2D eigenvalue weighted by Crippen LogP contribution is -2.31. The van der Waals surface area contributed by atoms with E-state index >= 15 is 0 Å². The summed E-state index contributed by atoms with van der Waals surface area (Å²) in [6, 6.07) is 16.9. The molecule has 1 unspecified atom stereocenters. The van der Waals surface area contributed by atoms with E-state index in [1.165, 1.54) is 23.5 Å². The molecule has 0 spiro atoms. The van der Waals surface area contributed by atoms with E-state index in [2.05, 4.69) is 9.89 Å². The number of aryl methyl sites for hydroxylation is 1. The summed E-state index contributed by atoms with van der Waals surface area (Å²) in [4.78, 5) is 44.0. The van der Waals surface area contributed by atoms with Gasteiger partial charge < -0.3 is 14.2 Å². The van der Waals surface area contributed by atoms with Crippen LogP contribution in [0.25, 0.3) is 33.6 Å². The van der Waals surface area contributed by atoms with Gasteiger partial charge in [0.1, 0.15) is 16.5 Å². The molecule has 3 aromatic heterocycles. The Balaban J connectivity index is 1.22. The number of rotatable bonds is 7. The zero-order valence-corrected chi connectivity index (χ0v) is 25.3. The number of carbonyl (C=O) groups excluding carboxylic acids is 3. The van der Waals surface area contributed by atoms with Gasteiger partial charge in [-0.25, -0.2) is 14.6 Å². The normalized spacial score (nSPS) is 14.9. The van der Waals surface area contributed by atoms with Crippen LogP contribution in [-0.4, -0.2) is 45.6 Å². The van der Waals surface area contributed by atoms with E-state index in [1.807, 2.05) is 59.0 Å². The number of alkyl halides is 3. The Morgan fingerprint density at radius 1 is 1.02 bits per heavy atom. The van der Waals surface area contributed by atoms with Crippen LogP contribution in [0.1, 0.15) is 44.9 Å². The third-order valence-corrected chi connectivity index (χ3v) is 9.23. The number of carbonyl (C=O) groups is 3. The Hall–Kier alpha value is -4.62. The Kier molecular flexibility index (Phi) is 8.38. The average molecular weight is 652 g/mol. The number of benzene rings is 2. The van der Waals surface area contributed by atoms with E-state index in [1.54, 1.807) is 23.5 Å². The summed E-state index contributed by atoms with van der Waals surface area (Å²) in [6.07, 6.45) is -3.14. The van der Waals surface area contributed by atoms with Crippen LogP contribution >= 0.6 is 22.7 Å². The maximum atomic E-state index is 13.1. The van der Waals surface area contributed by atoms with Crippen LogP contribution in [0.5, 0.6) is 0 Å². The molecule has 0 saturated carbocycles. The lowest BCUT2D eigenvalue weighted by atomic mass is 9.98. The number of hydrogen-bond acceptors (Lipinski definition) is 9. The van der Waals surface area contributed by atoms with Gasteiger partial charge >= 0.3 is 18.1 Å². The number of aromatic nitrogens is 2. The molecule has 5 aromatic rings. The minimum atomic E-state index is -5.27. The molecule has 2 aromatic carbocycles. The molecule has 1 fully saturated rings. The first-order valence-corrected chi connectivity index (χ1v) is 15.6. The van der Waals surface area contributed by atoms with Gasteiger partial charge in [-0.1, -0.05) is 41.6 Å². The SMILES string of the molecule is Cc1onc(-c2cccc(-c3ccc(C(=O)OC(=O)C(F)(F)F)cc3)c2)c1-c1csc(C2CCCN2C(=O)Cc2cccs2)n1. The number of ether oxygens (including phenoxy) is 1. The van der Waals surface area contributed by atoms with Crippen LogP contribution in [0.4, 0.5) is 13.2 Å². The number of esters is 2. The number of nitrogens with zero attached hydrogens (tertiary/aromatic N) is 3. The number of thiophene rings is 1. The standard InChI is InChI=1S/C32H24F3N3O5S2/c1-18-27(24-17-45-29(36-24)25-8-3-13-38(25)26(39)16-23-7-4-14-44-23)28(37-43-18)22-6-2-5-21(15-22)19-9-11-20(12-10-19)30(40)42-31(41)32(33,34)35/h2,4-7,9-12,14-15,17,25H,3,8,13,16H2,1H3. The average Bonchev–Trinajstić information content (AvgIpc) is 3.84. The van der Waals surface area contributed by atoms with Gasteiger partial charge in [0.25, 0.3) is 0 Å². The van der Waals surface area contributed by atoms with E-state index in [9.17, 15) is 27.6 Å². The lowest BCUT2D eigenvalue weighted by Gasteiger charge is -2.23. The van der Waals surface area contributed by atoms with Gasteiger partial charge in [0, 0.05) is 22.4 Å². The minimum Gasteiger partial charge on any atom is -0.383 e. The predicted molar refractivity (Wildman–Crippen MR) is 161 cm³/mol. The molecule has 1 saturated heterocycles. The highest BCUT2D eigenvalue weighted by Gasteiger charge is 2.42. The van der Waals surface area contributed by atoms with Gasteiger partial charge in [0.15, 0.2) is 0 Å². The maximum absolute atomic E-state index is 13.1. The summed E-state index contributed by atoms with van der Waals surface area (Å²) >= 11 is 3.07. The summed E-state index contributed by atoms with van der Waals surface area (Å²) in [5.74, 6) is -3.29. The second-order valence-corrected chi connectivity index (χ2v) is 12.3. The summed E-state index contributed by atoms with van der Waals surface area (Å²) in [5.41, 5.74) is 3.96. The molecular formula is C32H24F3N3O5S2. The lowest BCUT2D eigenvalue weighted by molar-refractivity contribution is -0.193. The Labute approximate surface area is 263 Å². The molecule has 0 N–H and O–H groups in total. The smallest absolute Gasteiger partial charge is 0.383 e. The molecule has 45 heavy (non-hydrogen) atoms. The molecule has 1 aliphatic rings. The molecule has 1 atom stereocenters. The van der Waals surface area contributed by atoms with Gasteiger partial charge in [-0.3, -0.25) is 4.79 Å². The monoisotopic (exact) mass is 651 g/mol. The van der Waals surface area contributed by atoms with Crippen LogP contribution in [-0.2, 0) is 20.7 Å². The summed E-state index contributed by atoms with van der Waals surface area (Å²) in [7, 11) is 0. The Bertz CT molecular complexity index is 1860. The third-order valence-electron chi connectivity index (χ3n) is 7.41. The van der Waals surface area contributed by atoms with Crippen molar-refractivity contribution in [1.82, 2.24) is 15.0 Å². The predicted octanol–water partition coefficient (Wildman–Crippen LogP) is 7.65. The molecule has 4 heterocycles. The molecule has 0 aliphatic carbocycles. The van der Waals surface area contributed by atoms with E-state index in [-0.39, 0.29) is 17.5 Å². The quantitative estimate of drug-likeness (QED) is 0.132. The Morgan fingerprint density at radius 3 is 2.53 bits per heavy atom. The molecule has 8 nitrogen and oxygen atoms in total. The molecular weight excluding hydrogens is 627 g/mol. The number of thiazole rings is 1. The Morgan fingerprint density at radius 2 is 1.80 bits per heavy atom. The van der Waals surface area contributed by atoms with Crippen molar-refractivity contribution in [3.63, 3.8) is 0 Å². The number of hydrogen-bond donors (Lipinski definition) is 0. The minimum absolute atomic E-state index is 0.0880. The van der Waals surface area contributed by atoms with Crippen molar-refractivity contribution in [2.45, 2.75) is 38.4 Å². The third kappa shape index (κ3) is 6.45. The van der Waals surface area contributed by atoms with E-state index in [0.717, 1.165) is 39.4 Å². The van der Waals surface area contributed by atoms with Crippen molar-refractivity contribution < 1.29 is 36.8 Å². The number of likely N-dealkylation sites (tertiary alicyclic amines) is 1. The van der Waals surface area contributed by atoms with Crippen molar-refractivity contribution in [3.05, 3.63) is 92.6 Å². The summed E-state index contributed by atoms with van der Waals surface area (Å²) in [6.45, 7) is 2.50. The topological polar surface area (TPSA) is 103 Å². The van der Waals surface area contributed by atoms with Gasteiger partial charge in [-0.2, -0.15) is 13.2 Å². The molecule has 230 valence electrons. The second kappa shape index (κ2) is 12.4. The van der Waals surface area contributed by atoms with Gasteiger partial charge in [0.05, 0.1) is 29.3 Å². The van der Waals surface area contributed by atoms with Gasteiger partial charge in [-0.05, 0) is 60.5 Å². The fourth-order valence-corrected chi connectivity index (χ4v) is 6.91. The van der Waals surface area contributed by atoms with Gasteiger partial charge in [0.2, 0.25) is 5.91 Å². The molecule has 1 aliphatic heterocycles. The summed E-state index contributed by atoms with van der Waals surface area (Å²) < 4.78 is 46.8. The highest BCUT2D eigenvalue weighted by molar-refractivity contribution is 7.10. The van der Waals surface area contributed by atoms with E-state index < -0.39 is 18.1 Å². The van der Waals surface area contributed by atoms with Crippen LogP contribution in [0, 0.1) is 6.92 Å². The van der Waals surface area contributed by atoms with Gasteiger partial charge in [-0.15, -0.1) is 22.7 Å². The van der Waals surface area contributed by atoms with Crippen LogP contribution in [0.2, 0.25) is 0 Å². The van der Waals surface area contributed by atoms with Crippen LogP contribution in [0.15, 0.2) is 75.9 Å². The van der Waals surface area contributed by atoms with Crippen molar-refractivity contribution in [2.24, 2.45) is 0 Å². The zero-order chi connectivity index (χ0) is 31.7. The molecule has 0 radical (unpaired) electrons. The van der Waals surface area contributed by atoms with Crippen LogP contribution in [0.3, 0.4) is 0 Å². The maximum Gasteiger partial charge on any atom is 0.491 e. The molecule has 13 heteroatoms. The largest absolute Gasteiger partial charge is 0.491 e. The fraction of sp³-hybridized carbons (Fsp3) is 0.219. The second-order valence-electron chi connectivity index (χ2n) is 10.4. The fourth-order valence-electron chi connectivity index (χ4n) is 5.26. The molecule has 0 bridgehead atoms. The highest BCUT2D eigenvalue weighted by atomic mass is 32.1. The molecule has 6 rings (SSSR count). The zero-order valence-electron chi connectivity index (χ0n) is 23.7. The van der Waals surface area contributed by atoms with Crippen molar-refractivity contribution >= 4 is 40.5 Å². The molecule has 1 amide bonds. The van der Waals surface area contributed by atoms with E-state index in [4.69, 9.17) is 9.51 Å². The van der Waals surface area contributed by atoms with E-state index in [0.29, 0.717) is 35.7 Å². The first-order chi connectivity index (χ1) is 21.6. The summed E-state index contributed by atoms with van der Waals surface area (Å²) in [5, 5.41) is 9.09. The highest BCUT2D eigenvalue weighted by Crippen LogP contribution is 2.40.